The summed E-state index contributed by atoms with van der Waals surface area (Å²) in [6, 6.07) is 15.9. The van der Waals surface area contributed by atoms with Crippen molar-refractivity contribution in [3.63, 3.8) is 0 Å². The van der Waals surface area contributed by atoms with E-state index in [1.165, 1.54) is 23.9 Å². The number of nitrogens with zero attached hydrogens (tertiary/aromatic N) is 3. The Morgan fingerprint density at radius 1 is 1.20 bits per heavy atom. The number of para-hydroxylation sites is 1. The van der Waals surface area contributed by atoms with Crippen LogP contribution in [0.4, 0.5) is 10.1 Å². The minimum absolute atomic E-state index is 0.00694. The molecule has 128 valence electrons. The first-order valence-electron chi connectivity index (χ1n) is 7.96. The first kappa shape index (κ1) is 17.2. The molecule has 0 saturated carbocycles. The normalized spacial score (nSPS) is 10.6. The topological polar surface area (TPSA) is 38.1 Å². The number of benzene rings is 2. The molecule has 1 heterocycles. The van der Waals surface area contributed by atoms with E-state index in [0.717, 1.165) is 5.69 Å². The molecule has 3 aromatic rings. The molecule has 0 bridgehead atoms. The third kappa shape index (κ3) is 4.09. The molecular formula is C19H18FN3OS. The van der Waals surface area contributed by atoms with Crippen molar-refractivity contribution in [2.24, 2.45) is 0 Å². The standard InChI is InChI=1S/C19H18FN3OS/c1-2-22(16-8-4-3-5-9-16)18(24)14-25-19-21-11-12-23(19)17-10-6-7-15(20)13-17/h3-13H,2,14H2,1H3. The van der Waals surface area contributed by atoms with Gasteiger partial charge in [-0.15, -0.1) is 0 Å². The van der Waals surface area contributed by atoms with Crippen LogP contribution >= 0.6 is 11.8 Å². The Balaban J connectivity index is 1.72. The Labute approximate surface area is 150 Å². The van der Waals surface area contributed by atoms with Gasteiger partial charge in [0.05, 0.1) is 11.4 Å². The van der Waals surface area contributed by atoms with E-state index in [2.05, 4.69) is 4.98 Å². The molecule has 25 heavy (non-hydrogen) atoms. The van der Waals surface area contributed by atoms with Gasteiger partial charge in [0.2, 0.25) is 5.91 Å². The smallest absolute Gasteiger partial charge is 0.237 e. The number of carbonyl (C=O) groups is 1. The number of halogens is 1. The van der Waals surface area contributed by atoms with Crippen LogP contribution in [0.15, 0.2) is 72.1 Å². The van der Waals surface area contributed by atoms with Gasteiger partial charge >= 0.3 is 0 Å². The summed E-state index contributed by atoms with van der Waals surface area (Å²) in [5, 5.41) is 0.656. The maximum atomic E-state index is 13.4. The molecule has 0 fully saturated rings. The molecule has 0 atom stereocenters. The van der Waals surface area contributed by atoms with E-state index in [0.29, 0.717) is 17.4 Å². The van der Waals surface area contributed by atoms with Crippen LogP contribution < -0.4 is 4.90 Å². The van der Waals surface area contributed by atoms with Gasteiger partial charge in [0.1, 0.15) is 5.82 Å². The van der Waals surface area contributed by atoms with Crippen LogP contribution in [0.3, 0.4) is 0 Å². The van der Waals surface area contributed by atoms with Crippen LogP contribution in [-0.4, -0.2) is 27.8 Å². The monoisotopic (exact) mass is 355 g/mol. The number of hydrogen-bond donors (Lipinski definition) is 0. The zero-order chi connectivity index (χ0) is 17.6. The highest BCUT2D eigenvalue weighted by molar-refractivity contribution is 7.99. The summed E-state index contributed by atoms with van der Waals surface area (Å²) in [6.45, 7) is 2.55. The number of amides is 1. The van der Waals surface area contributed by atoms with E-state index in [1.54, 1.807) is 34.0 Å². The Kier molecular flexibility index (Phi) is 5.50. The van der Waals surface area contributed by atoms with Crippen molar-refractivity contribution in [3.05, 3.63) is 72.8 Å². The summed E-state index contributed by atoms with van der Waals surface area (Å²) in [4.78, 5) is 18.6. The number of imidazole rings is 1. The molecule has 0 saturated heterocycles. The van der Waals surface area contributed by atoms with E-state index >= 15 is 0 Å². The molecule has 0 unspecified atom stereocenters. The summed E-state index contributed by atoms with van der Waals surface area (Å²) in [5.74, 6) is -0.0401. The minimum atomic E-state index is -0.306. The first-order chi connectivity index (χ1) is 12.2. The molecule has 1 amide bonds. The van der Waals surface area contributed by atoms with Gasteiger partial charge in [-0.2, -0.15) is 0 Å². The van der Waals surface area contributed by atoms with Crippen LogP contribution in [0.25, 0.3) is 5.69 Å². The van der Waals surface area contributed by atoms with Crippen LogP contribution in [-0.2, 0) is 4.79 Å². The average Bonchev–Trinajstić information content (AvgIpc) is 3.10. The quantitative estimate of drug-likeness (QED) is 0.623. The number of rotatable bonds is 6. The van der Waals surface area contributed by atoms with Gasteiger partial charge in [-0.3, -0.25) is 9.36 Å². The summed E-state index contributed by atoms with van der Waals surface area (Å²) in [5.41, 5.74) is 1.56. The first-order valence-corrected chi connectivity index (χ1v) is 8.95. The fourth-order valence-electron chi connectivity index (χ4n) is 2.53. The van der Waals surface area contributed by atoms with Crippen molar-refractivity contribution in [1.29, 1.82) is 0 Å². The fourth-order valence-corrected chi connectivity index (χ4v) is 3.38. The minimum Gasteiger partial charge on any atom is -0.312 e. The number of thioether (sulfide) groups is 1. The van der Waals surface area contributed by atoms with Crippen LogP contribution in [0.1, 0.15) is 6.92 Å². The number of carbonyl (C=O) groups excluding carboxylic acids is 1. The van der Waals surface area contributed by atoms with Crippen molar-refractivity contribution in [3.8, 4) is 5.69 Å². The number of hydrogen-bond acceptors (Lipinski definition) is 3. The lowest BCUT2D eigenvalue weighted by Gasteiger charge is -2.20. The molecular weight excluding hydrogens is 337 g/mol. The Morgan fingerprint density at radius 2 is 2.00 bits per heavy atom. The van der Waals surface area contributed by atoms with Crippen LogP contribution in [0, 0.1) is 5.82 Å². The van der Waals surface area contributed by atoms with Crippen molar-refractivity contribution in [2.45, 2.75) is 12.1 Å². The highest BCUT2D eigenvalue weighted by Crippen LogP contribution is 2.22. The zero-order valence-electron chi connectivity index (χ0n) is 13.8. The molecule has 0 aliphatic rings. The predicted molar refractivity (Wildman–Crippen MR) is 98.7 cm³/mol. The van der Waals surface area contributed by atoms with Gasteiger partial charge in [-0.1, -0.05) is 36.0 Å². The summed E-state index contributed by atoms with van der Waals surface area (Å²) < 4.78 is 15.2. The molecule has 4 nitrogen and oxygen atoms in total. The lowest BCUT2D eigenvalue weighted by molar-refractivity contribution is -0.116. The zero-order valence-corrected chi connectivity index (χ0v) is 14.6. The van der Waals surface area contributed by atoms with Crippen LogP contribution in [0.5, 0.6) is 0 Å². The molecule has 3 rings (SSSR count). The van der Waals surface area contributed by atoms with E-state index < -0.39 is 0 Å². The molecule has 1 aromatic heterocycles. The highest BCUT2D eigenvalue weighted by Gasteiger charge is 2.16. The van der Waals surface area contributed by atoms with Gasteiger partial charge in [0.25, 0.3) is 0 Å². The molecule has 6 heteroatoms. The Morgan fingerprint density at radius 3 is 2.72 bits per heavy atom. The van der Waals surface area contributed by atoms with E-state index in [9.17, 15) is 9.18 Å². The molecule has 0 spiro atoms. The molecule has 0 aliphatic heterocycles. The van der Waals surface area contributed by atoms with Crippen LogP contribution in [0.2, 0.25) is 0 Å². The second kappa shape index (κ2) is 7.98. The Hall–Kier alpha value is -2.60. The van der Waals surface area contributed by atoms with E-state index in [4.69, 9.17) is 0 Å². The lowest BCUT2D eigenvalue weighted by atomic mass is 10.3. The second-order valence-corrected chi connectivity index (χ2v) is 6.26. The molecule has 0 N–H and O–H groups in total. The third-order valence-corrected chi connectivity index (χ3v) is 4.65. The summed E-state index contributed by atoms with van der Waals surface area (Å²) in [6.07, 6.45) is 3.41. The van der Waals surface area contributed by atoms with Crippen molar-refractivity contribution in [2.75, 3.05) is 17.2 Å². The highest BCUT2D eigenvalue weighted by atomic mass is 32.2. The average molecular weight is 355 g/mol. The van der Waals surface area contributed by atoms with Gasteiger partial charge in [-0.05, 0) is 37.3 Å². The van der Waals surface area contributed by atoms with Gasteiger partial charge in [0.15, 0.2) is 5.16 Å². The maximum Gasteiger partial charge on any atom is 0.237 e. The van der Waals surface area contributed by atoms with Crippen molar-refractivity contribution < 1.29 is 9.18 Å². The fraction of sp³-hybridized carbons (Fsp3) is 0.158. The van der Waals surface area contributed by atoms with E-state index in [1.807, 2.05) is 37.3 Å². The molecule has 0 radical (unpaired) electrons. The van der Waals surface area contributed by atoms with Gasteiger partial charge in [0, 0.05) is 24.6 Å². The largest absolute Gasteiger partial charge is 0.312 e. The number of anilines is 1. The predicted octanol–water partition coefficient (Wildman–Crippen LogP) is 4.16. The number of aromatic nitrogens is 2. The van der Waals surface area contributed by atoms with Crippen molar-refractivity contribution in [1.82, 2.24) is 9.55 Å². The SMILES string of the molecule is CCN(C(=O)CSc1nccn1-c1cccc(F)c1)c1ccccc1. The maximum absolute atomic E-state index is 13.4. The third-order valence-electron chi connectivity index (χ3n) is 3.70. The summed E-state index contributed by atoms with van der Waals surface area (Å²) >= 11 is 1.34. The molecule has 0 aliphatic carbocycles. The summed E-state index contributed by atoms with van der Waals surface area (Å²) in [7, 11) is 0. The van der Waals surface area contributed by atoms with Crippen molar-refractivity contribution >= 4 is 23.4 Å². The molecule has 2 aromatic carbocycles. The van der Waals surface area contributed by atoms with Gasteiger partial charge in [-0.25, -0.2) is 9.37 Å². The van der Waals surface area contributed by atoms with Gasteiger partial charge < -0.3 is 4.90 Å². The van der Waals surface area contributed by atoms with E-state index in [-0.39, 0.29) is 17.5 Å². The second-order valence-electron chi connectivity index (χ2n) is 5.32. The Bertz CT molecular complexity index is 851. The lowest BCUT2D eigenvalue weighted by Crippen LogP contribution is -2.32.